The van der Waals surface area contributed by atoms with Crippen molar-refractivity contribution in [1.82, 2.24) is 47.9 Å². The number of amides is 10. The van der Waals surface area contributed by atoms with Gasteiger partial charge in [0.05, 0.1) is 51.2 Å². The normalized spacial score (nSPS) is 13.8. The molecule has 26 nitrogen and oxygen atoms in total. The fourth-order valence-corrected chi connectivity index (χ4v) is 9.13. The van der Waals surface area contributed by atoms with Crippen LogP contribution in [0.25, 0.3) is 0 Å². The van der Waals surface area contributed by atoms with Gasteiger partial charge >= 0.3 is 12.1 Å². The van der Waals surface area contributed by atoms with Crippen molar-refractivity contribution < 1.29 is 76.4 Å². The first-order valence-electron chi connectivity index (χ1n) is 30.9. The van der Waals surface area contributed by atoms with Gasteiger partial charge in [0.1, 0.15) is 43.4 Å². The number of rotatable bonds is 40. The van der Waals surface area contributed by atoms with Crippen LogP contribution in [0.4, 0.5) is 4.79 Å². The lowest BCUT2D eigenvalue weighted by Gasteiger charge is -2.28. The smallest absolute Gasteiger partial charge is 0.407 e. The summed E-state index contributed by atoms with van der Waals surface area (Å²) in [7, 11) is 0. The van der Waals surface area contributed by atoms with Crippen molar-refractivity contribution in [2.24, 2.45) is 5.73 Å². The highest BCUT2D eigenvalue weighted by Crippen LogP contribution is 2.14. The number of nitrogens with one attached hydrogen (secondary N) is 9. The third-order valence-corrected chi connectivity index (χ3v) is 14.5. The number of esters is 1. The number of primary amides is 1. The Kier molecular flexibility index (Phi) is 32.4. The molecule has 94 heavy (non-hydrogen) atoms. The molecule has 0 saturated heterocycles. The zero-order valence-electron chi connectivity index (χ0n) is 53.4. The van der Waals surface area contributed by atoms with Crippen molar-refractivity contribution >= 4 is 65.2 Å². The van der Waals surface area contributed by atoms with Crippen molar-refractivity contribution in [1.29, 1.82) is 0 Å². The Morgan fingerprint density at radius 1 is 0.394 bits per heavy atom. The van der Waals surface area contributed by atoms with Gasteiger partial charge in [0.2, 0.25) is 53.2 Å². The number of carbonyl (C=O) groups is 11. The number of unbranched alkanes of at least 4 members (excludes halogenated alkanes) is 1. The molecule has 0 saturated carbocycles. The number of benzene rings is 5. The maximum absolute atomic E-state index is 14.5. The van der Waals surface area contributed by atoms with Crippen molar-refractivity contribution in [3.05, 3.63) is 179 Å². The third-order valence-electron chi connectivity index (χ3n) is 14.5. The predicted molar refractivity (Wildman–Crippen MR) is 344 cm³/mol. The highest BCUT2D eigenvalue weighted by Gasteiger charge is 2.36. The Morgan fingerprint density at radius 3 is 1.21 bits per heavy atom. The molecule has 5 aromatic rings. The molecule has 10 amide bonds. The summed E-state index contributed by atoms with van der Waals surface area (Å²) in [5.74, 6) is -8.31. The quantitative estimate of drug-likeness (QED) is 0.0199. The lowest BCUT2D eigenvalue weighted by Crippen LogP contribution is -2.60. The number of alkyl carbamates (subject to hydrolysis) is 1. The highest BCUT2D eigenvalue weighted by atomic mass is 16.6. The number of hydrogen-bond acceptors (Lipinski definition) is 16. The van der Waals surface area contributed by atoms with Crippen LogP contribution in [0.1, 0.15) is 94.5 Å². The van der Waals surface area contributed by atoms with E-state index in [1.807, 2.05) is 66.7 Å². The number of ether oxygens (including phenoxy) is 5. The van der Waals surface area contributed by atoms with E-state index in [2.05, 4.69) is 47.9 Å². The molecule has 0 aliphatic heterocycles. The molecule has 0 radical (unpaired) electrons. The topological polar surface area (TPSA) is 368 Å². The summed E-state index contributed by atoms with van der Waals surface area (Å²) < 4.78 is 29.2. The van der Waals surface area contributed by atoms with E-state index in [4.69, 9.17) is 29.4 Å². The van der Waals surface area contributed by atoms with Gasteiger partial charge in [0.15, 0.2) is 6.04 Å². The van der Waals surface area contributed by atoms with Crippen LogP contribution in [-0.4, -0.2) is 139 Å². The van der Waals surface area contributed by atoms with E-state index < -0.39 is 133 Å². The van der Waals surface area contributed by atoms with E-state index in [9.17, 15) is 52.7 Å². The van der Waals surface area contributed by atoms with Crippen molar-refractivity contribution in [2.45, 2.75) is 154 Å². The molecule has 0 aromatic heterocycles. The van der Waals surface area contributed by atoms with Crippen molar-refractivity contribution in [3.8, 4) is 0 Å². The maximum atomic E-state index is 14.5. The Balaban J connectivity index is 1.32. The first-order chi connectivity index (χ1) is 45.1. The standard InChI is InChI=1S/C68H86N10O16/c1-44(73-48(5)79)62(83)75-55(34-35-56(69)80)64(85)77-60(46(3)91-40-50-25-13-7-14-26-50)66(87)72-38-58(82)76-59(45(2)90-39-49-23-11-6-12-24-49)65(86)71-37-57(81)74-54(33-21-22-36-70-68(89)94-43-53-31-19-10-20-32-53)63(84)78-61(47(4)92-41-51-27-15-8-16-28-51)67(88)93-42-52-29-17-9-18-30-52/h6-20,23-32,44-47,54-55,59-61H,21-22,33-43H2,1-5H3,(H2,69,80)(H,70,89)(H,71,86)(H,72,87)(H,73,79)(H,74,81)(H,75,83)(H,76,82)(H,77,85)(H,78,84)/t44-,45+,46+,47+,54-,55-,59-,60-,61-/m0/s1. The molecule has 0 heterocycles. The number of nitrogens with two attached hydrogens (primary N) is 1. The molecule has 0 aliphatic rings. The van der Waals surface area contributed by atoms with Crippen LogP contribution in [0, 0.1) is 0 Å². The SMILES string of the molecule is CC(=O)N[C@@H](C)C(=O)N[C@@H](CCC(N)=O)C(=O)N[C@H](C(=O)NCC(=O)N[C@H](C(=O)NCC(=O)N[C@@H](CCCCNC(=O)OCc1ccccc1)C(=O)N[C@H](C(=O)OCc1ccccc1)[C@@H](C)OCc1ccccc1)[C@@H](C)OCc1ccccc1)[C@@H](C)OCc1ccccc1. The molecular formula is C68H86N10O16. The van der Waals surface area contributed by atoms with Gasteiger partial charge in [-0.1, -0.05) is 152 Å². The summed E-state index contributed by atoms with van der Waals surface area (Å²) in [6, 6.07) is 36.6. The van der Waals surface area contributed by atoms with Crippen LogP contribution in [0.15, 0.2) is 152 Å². The van der Waals surface area contributed by atoms with Crippen LogP contribution in [0.3, 0.4) is 0 Å². The summed E-state index contributed by atoms with van der Waals surface area (Å²) in [5.41, 5.74) is 9.09. The zero-order chi connectivity index (χ0) is 68.2. The lowest BCUT2D eigenvalue weighted by molar-refractivity contribution is -0.154. The Morgan fingerprint density at radius 2 is 0.777 bits per heavy atom. The minimum absolute atomic E-state index is 0.0218. The second-order valence-electron chi connectivity index (χ2n) is 22.1. The summed E-state index contributed by atoms with van der Waals surface area (Å²) in [4.78, 5) is 148. The average Bonchev–Trinajstić information content (AvgIpc) is 3.41. The third kappa shape index (κ3) is 28.2. The fourth-order valence-electron chi connectivity index (χ4n) is 9.13. The summed E-state index contributed by atoms with van der Waals surface area (Å²) in [6.45, 7) is 5.69. The van der Waals surface area contributed by atoms with Gasteiger partial charge in [-0.15, -0.1) is 0 Å². The van der Waals surface area contributed by atoms with E-state index in [0.717, 1.165) is 11.1 Å². The minimum Gasteiger partial charge on any atom is -0.459 e. The second kappa shape index (κ2) is 40.7. The molecule has 0 spiro atoms. The van der Waals surface area contributed by atoms with Gasteiger partial charge in [-0.3, -0.25) is 43.2 Å². The van der Waals surface area contributed by atoms with Gasteiger partial charge in [0, 0.05) is 19.9 Å². The van der Waals surface area contributed by atoms with Crippen molar-refractivity contribution in [3.63, 3.8) is 0 Å². The van der Waals surface area contributed by atoms with E-state index in [-0.39, 0.29) is 65.3 Å². The number of hydrogen-bond donors (Lipinski definition) is 10. The van der Waals surface area contributed by atoms with Gasteiger partial charge < -0.3 is 77.3 Å². The lowest BCUT2D eigenvalue weighted by atomic mass is 10.1. The Labute approximate surface area is 546 Å². The molecule has 0 aliphatic carbocycles. The first-order valence-corrected chi connectivity index (χ1v) is 30.9. The summed E-state index contributed by atoms with van der Waals surface area (Å²) >= 11 is 0. The minimum atomic E-state index is -1.55. The van der Waals surface area contributed by atoms with Gasteiger partial charge in [0.25, 0.3) is 0 Å². The fraction of sp³-hybridized carbons (Fsp3) is 0.397. The molecule has 5 aromatic carbocycles. The van der Waals surface area contributed by atoms with E-state index in [1.54, 1.807) is 91.9 Å². The molecule has 0 fully saturated rings. The molecule has 26 heteroatoms. The molecule has 504 valence electrons. The number of carbonyl (C=O) groups excluding carboxylic acids is 11. The van der Waals surface area contributed by atoms with Crippen LogP contribution >= 0.6 is 0 Å². The largest absolute Gasteiger partial charge is 0.459 e. The summed E-state index contributed by atoms with van der Waals surface area (Å²) in [5, 5.41) is 23.0. The average molecular weight is 1300 g/mol. The second-order valence-corrected chi connectivity index (χ2v) is 22.1. The van der Waals surface area contributed by atoms with Crippen LogP contribution < -0.4 is 53.6 Å². The molecule has 11 N–H and O–H groups in total. The van der Waals surface area contributed by atoms with Gasteiger partial charge in [-0.05, 0) is 81.2 Å². The molecule has 0 unspecified atom stereocenters. The molecule has 5 rings (SSSR count). The van der Waals surface area contributed by atoms with Crippen LogP contribution in [-0.2, 0) is 105 Å². The van der Waals surface area contributed by atoms with E-state index in [1.165, 1.54) is 27.7 Å². The van der Waals surface area contributed by atoms with E-state index in [0.29, 0.717) is 23.1 Å². The van der Waals surface area contributed by atoms with Crippen LogP contribution in [0.5, 0.6) is 0 Å². The monoisotopic (exact) mass is 1300 g/mol. The Bertz CT molecular complexity index is 3230. The van der Waals surface area contributed by atoms with Crippen molar-refractivity contribution in [2.75, 3.05) is 19.6 Å². The maximum Gasteiger partial charge on any atom is 0.407 e. The van der Waals surface area contributed by atoms with Gasteiger partial charge in [-0.25, -0.2) is 9.59 Å². The molecular weight excluding hydrogens is 1210 g/mol. The Hall–Kier alpha value is -10.1. The summed E-state index contributed by atoms with van der Waals surface area (Å²) in [6.07, 6.45) is -3.96. The predicted octanol–water partition coefficient (Wildman–Crippen LogP) is 3.09. The van der Waals surface area contributed by atoms with Gasteiger partial charge in [-0.2, -0.15) is 0 Å². The molecule has 9 atom stereocenters. The zero-order valence-corrected chi connectivity index (χ0v) is 53.4. The molecule has 0 bridgehead atoms. The van der Waals surface area contributed by atoms with Crippen LogP contribution in [0.2, 0.25) is 0 Å². The van der Waals surface area contributed by atoms with E-state index >= 15 is 0 Å². The first kappa shape index (κ1) is 74.7. The highest BCUT2D eigenvalue weighted by molar-refractivity contribution is 5.97.